The lowest BCUT2D eigenvalue weighted by molar-refractivity contribution is -0.139. The second-order valence-electron chi connectivity index (χ2n) is 6.84. The molecule has 158 valence electrons. The number of pyridine rings is 1. The summed E-state index contributed by atoms with van der Waals surface area (Å²) in [7, 11) is 0. The summed E-state index contributed by atoms with van der Waals surface area (Å²) in [5.41, 5.74) is 0.506. The van der Waals surface area contributed by atoms with E-state index < -0.39 is 17.2 Å². The Labute approximate surface area is 173 Å². The van der Waals surface area contributed by atoms with Gasteiger partial charge in [0.25, 0.3) is 5.56 Å². The Morgan fingerprint density at radius 1 is 1.13 bits per heavy atom. The van der Waals surface area contributed by atoms with Crippen molar-refractivity contribution >= 4 is 23.2 Å². The molecule has 0 aromatic carbocycles. The van der Waals surface area contributed by atoms with E-state index in [9.17, 15) is 14.4 Å². The number of esters is 1. The number of hydrogen-bond donors (Lipinski definition) is 1. The molecular weight excluding hydrogens is 386 g/mol. The number of aromatic nitrogens is 5. The summed E-state index contributed by atoms with van der Waals surface area (Å²) < 4.78 is 8.52. The molecule has 0 atom stereocenters. The van der Waals surface area contributed by atoms with Crippen molar-refractivity contribution in [2.75, 3.05) is 0 Å². The zero-order chi connectivity index (χ0) is 21.5. The maximum Gasteiger partial charge on any atom is 0.331 e. The van der Waals surface area contributed by atoms with Crippen LogP contribution in [-0.2, 0) is 29.2 Å². The molecule has 0 radical (unpaired) electrons. The van der Waals surface area contributed by atoms with Crippen molar-refractivity contribution in [3.05, 3.63) is 62.8 Å². The van der Waals surface area contributed by atoms with Crippen LogP contribution in [0.3, 0.4) is 0 Å². The summed E-state index contributed by atoms with van der Waals surface area (Å²) in [6, 6.07) is 3.54. The largest absolute Gasteiger partial charge is 0.454 e. The fourth-order valence-electron chi connectivity index (χ4n) is 3.14. The fourth-order valence-corrected chi connectivity index (χ4v) is 3.14. The third kappa shape index (κ3) is 4.73. The second kappa shape index (κ2) is 9.82. The molecule has 9 heteroatoms. The summed E-state index contributed by atoms with van der Waals surface area (Å²) in [4.78, 5) is 47.7. The monoisotopic (exact) mass is 411 g/mol. The molecule has 0 amide bonds. The number of unbranched alkanes of at least 4 members (excludes halogenated alkanes) is 1. The highest BCUT2D eigenvalue weighted by atomic mass is 16.5. The molecular formula is C21H25N5O4. The predicted octanol–water partition coefficient (Wildman–Crippen LogP) is 2.25. The van der Waals surface area contributed by atoms with Gasteiger partial charge >= 0.3 is 11.7 Å². The fraction of sp³-hybridized carbons (Fsp3) is 0.381. The minimum Gasteiger partial charge on any atom is -0.454 e. The highest BCUT2D eigenvalue weighted by Crippen LogP contribution is 2.14. The van der Waals surface area contributed by atoms with Crippen LogP contribution in [0.1, 0.15) is 44.5 Å². The van der Waals surface area contributed by atoms with Crippen molar-refractivity contribution in [1.82, 2.24) is 24.1 Å². The highest BCUT2D eigenvalue weighted by molar-refractivity contribution is 5.87. The molecule has 3 heterocycles. The Bertz CT molecular complexity index is 1160. The zero-order valence-electron chi connectivity index (χ0n) is 17.1. The molecule has 3 aromatic rings. The van der Waals surface area contributed by atoms with E-state index in [4.69, 9.17) is 4.74 Å². The number of fused-ring (bicyclic) bond motifs is 1. The Balaban J connectivity index is 1.89. The number of carbonyl (C=O) groups is 1. The number of imidazole rings is 1. The van der Waals surface area contributed by atoms with Crippen LogP contribution < -0.4 is 11.2 Å². The molecule has 0 saturated carbocycles. The maximum atomic E-state index is 12.5. The van der Waals surface area contributed by atoms with Gasteiger partial charge in [-0.25, -0.2) is 14.6 Å². The third-order valence-corrected chi connectivity index (χ3v) is 4.61. The van der Waals surface area contributed by atoms with Crippen molar-refractivity contribution < 1.29 is 9.53 Å². The molecule has 0 spiro atoms. The summed E-state index contributed by atoms with van der Waals surface area (Å²) in [5, 5.41) is 0. The molecule has 0 aliphatic heterocycles. The number of H-pyrrole nitrogens is 1. The van der Waals surface area contributed by atoms with Gasteiger partial charge in [-0.05, 0) is 36.6 Å². The average Bonchev–Trinajstić information content (AvgIpc) is 3.10. The van der Waals surface area contributed by atoms with Crippen molar-refractivity contribution in [3.8, 4) is 0 Å². The van der Waals surface area contributed by atoms with Gasteiger partial charge in [0, 0.05) is 31.6 Å². The summed E-state index contributed by atoms with van der Waals surface area (Å²) in [6.07, 6.45) is 8.66. The van der Waals surface area contributed by atoms with Gasteiger partial charge in [-0.3, -0.25) is 19.3 Å². The standard InChI is InChI=1S/C21H25N5O4/c1-3-5-13-26-19-18(20(28)24-21(26)29)25(12-4-2)16(23-19)14-30-17(27)7-6-15-8-10-22-11-9-15/h6-11H,3-5,12-14H2,1-2H3,(H,24,28,29). The number of aromatic amines is 1. The lowest BCUT2D eigenvalue weighted by Gasteiger charge is -2.08. The number of hydrogen-bond acceptors (Lipinski definition) is 6. The van der Waals surface area contributed by atoms with Crippen LogP contribution in [0.25, 0.3) is 17.2 Å². The van der Waals surface area contributed by atoms with Gasteiger partial charge in [-0.1, -0.05) is 20.3 Å². The second-order valence-corrected chi connectivity index (χ2v) is 6.84. The summed E-state index contributed by atoms with van der Waals surface area (Å²) >= 11 is 0. The molecule has 9 nitrogen and oxygen atoms in total. The van der Waals surface area contributed by atoms with Gasteiger partial charge in [0.15, 0.2) is 11.2 Å². The summed E-state index contributed by atoms with van der Waals surface area (Å²) in [6.45, 7) is 4.87. The topological polar surface area (TPSA) is 112 Å². The molecule has 0 saturated heterocycles. The summed E-state index contributed by atoms with van der Waals surface area (Å²) in [5.74, 6) is -0.0990. The van der Waals surface area contributed by atoms with Gasteiger partial charge in [0.1, 0.15) is 12.4 Å². The first-order valence-electron chi connectivity index (χ1n) is 10.0. The quantitative estimate of drug-likeness (QED) is 0.427. The van der Waals surface area contributed by atoms with Crippen LogP contribution in [0.4, 0.5) is 0 Å². The van der Waals surface area contributed by atoms with Crippen LogP contribution in [0.15, 0.2) is 40.2 Å². The molecule has 3 rings (SSSR count). The van der Waals surface area contributed by atoms with E-state index in [-0.39, 0.29) is 6.61 Å². The Morgan fingerprint density at radius 2 is 1.90 bits per heavy atom. The molecule has 3 aromatic heterocycles. The van der Waals surface area contributed by atoms with Crippen LogP contribution in [0.5, 0.6) is 0 Å². The number of nitrogens with one attached hydrogen (secondary N) is 1. The highest BCUT2D eigenvalue weighted by Gasteiger charge is 2.18. The van der Waals surface area contributed by atoms with Gasteiger partial charge in [-0.2, -0.15) is 0 Å². The molecule has 0 fully saturated rings. The van der Waals surface area contributed by atoms with E-state index in [1.54, 1.807) is 35.2 Å². The molecule has 0 unspecified atom stereocenters. The molecule has 0 aliphatic rings. The number of carbonyl (C=O) groups excluding carboxylic acids is 1. The Morgan fingerprint density at radius 3 is 2.60 bits per heavy atom. The maximum absolute atomic E-state index is 12.5. The van der Waals surface area contributed by atoms with Crippen molar-refractivity contribution in [3.63, 3.8) is 0 Å². The van der Waals surface area contributed by atoms with Crippen LogP contribution in [-0.4, -0.2) is 30.1 Å². The van der Waals surface area contributed by atoms with E-state index in [1.807, 2.05) is 13.8 Å². The van der Waals surface area contributed by atoms with Gasteiger partial charge < -0.3 is 9.30 Å². The van der Waals surface area contributed by atoms with E-state index in [0.29, 0.717) is 30.1 Å². The number of nitrogens with zero attached hydrogens (tertiary/aromatic N) is 4. The van der Waals surface area contributed by atoms with E-state index in [0.717, 1.165) is 24.8 Å². The first kappa shape index (κ1) is 21.2. The van der Waals surface area contributed by atoms with Crippen molar-refractivity contribution in [1.29, 1.82) is 0 Å². The molecule has 30 heavy (non-hydrogen) atoms. The normalized spacial score (nSPS) is 11.4. The van der Waals surface area contributed by atoms with Gasteiger partial charge in [0.05, 0.1) is 0 Å². The smallest absolute Gasteiger partial charge is 0.331 e. The molecule has 0 bridgehead atoms. The SMILES string of the molecule is CCCCn1c(=O)[nH]c(=O)c2c1nc(COC(=O)C=Cc1ccncc1)n2CCC. The number of ether oxygens (including phenoxy) is 1. The Hall–Kier alpha value is -3.49. The third-order valence-electron chi connectivity index (χ3n) is 4.61. The predicted molar refractivity (Wildman–Crippen MR) is 113 cm³/mol. The van der Waals surface area contributed by atoms with E-state index in [2.05, 4.69) is 15.0 Å². The minimum atomic E-state index is -0.529. The minimum absolute atomic E-state index is 0.102. The average molecular weight is 411 g/mol. The first-order chi connectivity index (χ1) is 14.5. The molecule has 0 aliphatic carbocycles. The number of rotatable bonds is 9. The zero-order valence-corrected chi connectivity index (χ0v) is 17.1. The lowest BCUT2D eigenvalue weighted by Crippen LogP contribution is -2.31. The van der Waals surface area contributed by atoms with Crippen LogP contribution in [0, 0.1) is 0 Å². The first-order valence-corrected chi connectivity index (χ1v) is 10.0. The van der Waals surface area contributed by atoms with Crippen LogP contribution in [0.2, 0.25) is 0 Å². The van der Waals surface area contributed by atoms with Crippen molar-refractivity contribution in [2.45, 2.75) is 52.8 Å². The van der Waals surface area contributed by atoms with Crippen molar-refractivity contribution in [2.24, 2.45) is 0 Å². The Kier molecular flexibility index (Phi) is 6.95. The van der Waals surface area contributed by atoms with E-state index >= 15 is 0 Å². The van der Waals surface area contributed by atoms with Gasteiger partial charge in [-0.15, -0.1) is 0 Å². The number of aryl methyl sites for hydroxylation is 2. The van der Waals surface area contributed by atoms with Gasteiger partial charge in [0.2, 0.25) is 0 Å². The van der Waals surface area contributed by atoms with Crippen LogP contribution >= 0.6 is 0 Å². The van der Waals surface area contributed by atoms with E-state index in [1.165, 1.54) is 10.6 Å². The lowest BCUT2D eigenvalue weighted by atomic mass is 10.2. The molecule has 1 N–H and O–H groups in total.